The Morgan fingerprint density at radius 1 is 0.423 bits per heavy atom. The second-order valence-electron chi connectivity index (χ2n) is 8.99. The lowest BCUT2D eigenvalue weighted by molar-refractivity contribution is -0.936. The molecule has 0 radical (unpaired) electrons. The lowest BCUT2D eigenvalue weighted by Crippen LogP contribution is -2.54. The van der Waals surface area contributed by atoms with Gasteiger partial charge in [-0.15, -0.1) is 0 Å². The maximum absolute atomic E-state index is 9.89. The molecule has 2 spiro atoms. The Hall–Kier alpha value is -0.165. The van der Waals surface area contributed by atoms with E-state index >= 15 is 0 Å². The molecule has 4 rings (SSSR count). The molecule has 0 aromatic carbocycles. The molecule has 0 unspecified atom stereocenters. The second-order valence-corrected chi connectivity index (χ2v) is 8.99. The molecule has 6 heteroatoms. The summed E-state index contributed by atoms with van der Waals surface area (Å²) < 4.78 is 12.9. The van der Waals surface area contributed by atoms with Gasteiger partial charge in [-0.05, 0) is 77.0 Å². The molecule has 0 aromatic heterocycles. The van der Waals surface area contributed by atoms with Crippen LogP contribution in [0.1, 0.15) is 77.0 Å². The Bertz CT molecular complexity index is 287. The van der Waals surface area contributed by atoms with E-state index in [9.17, 15) is 4.32 Å². The minimum atomic E-state index is -3.17. The fourth-order valence-electron chi connectivity index (χ4n) is 5.63. The molecule has 0 atom stereocenters. The van der Waals surface area contributed by atoms with E-state index in [0.29, 0.717) is 0 Å². The van der Waals surface area contributed by atoms with Crippen LogP contribution in [0.15, 0.2) is 0 Å². The van der Waals surface area contributed by atoms with Gasteiger partial charge in [0.2, 0.25) is 0 Å². The molecule has 0 bridgehead atoms. The molecule has 4 fully saturated rings. The molecular weight excluding hydrogens is 330 g/mol. The Morgan fingerprint density at radius 3 is 0.731 bits per heavy atom. The molecule has 4 heterocycles. The average Bonchev–Trinajstić information content (AvgIpc) is 2.64. The maximum Gasteiger partial charge on any atom is 0.121 e. The van der Waals surface area contributed by atoms with Crippen LogP contribution in [0, 0.1) is 0 Å². The van der Waals surface area contributed by atoms with Crippen LogP contribution in [-0.4, -0.2) is 68.7 Å². The van der Waals surface area contributed by atoms with Gasteiger partial charge >= 0.3 is 0 Å². The van der Waals surface area contributed by atoms with Gasteiger partial charge in [-0.25, -0.2) is 0 Å². The summed E-state index contributed by atoms with van der Waals surface area (Å²) in [5.74, 6) is 0. The van der Waals surface area contributed by atoms with Crippen LogP contribution in [0.25, 0.3) is 0 Å². The van der Waals surface area contributed by atoms with E-state index in [0.717, 1.165) is 0 Å². The SMILES string of the molecule is C1CC[N+]2(CC1)CCCCC2.C1CC[N+]2(CC1)CCCCC2.[O-]B([O-])F. The van der Waals surface area contributed by atoms with Crippen LogP contribution in [0.3, 0.4) is 0 Å². The van der Waals surface area contributed by atoms with Crippen LogP contribution >= 0.6 is 0 Å². The molecule has 0 aliphatic carbocycles. The fraction of sp³-hybridized carbons (Fsp3) is 1.00. The zero-order valence-electron chi connectivity index (χ0n) is 16.8. The van der Waals surface area contributed by atoms with E-state index in [4.69, 9.17) is 10.0 Å². The predicted octanol–water partition coefficient (Wildman–Crippen LogP) is 2.00. The van der Waals surface area contributed by atoms with Crippen molar-refractivity contribution in [3.63, 3.8) is 0 Å². The van der Waals surface area contributed by atoms with Gasteiger partial charge in [-0.3, -0.25) is 0 Å². The predicted molar refractivity (Wildman–Crippen MR) is 102 cm³/mol. The quantitative estimate of drug-likeness (QED) is 0.484. The molecule has 4 saturated heterocycles. The summed E-state index contributed by atoms with van der Waals surface area (Å²) in [7, 11) is -3.17. The van der Waals surface area contributed by atoms with Crippen LogP contribution in [-0.2, 0) is 0 Å². The van der Waals surface area contributed by atoms with Crippen LogP contribution in [0.2, 0.25) is 0 Å². The van der Waals surface area contributed by atoms with Crippen molar-refractivity contribution < 1.29 is 23.3 Å². The van der Waals surface area contributed by atoms with Gasteiger partial charge in [-0.2, -0.15) is 0 Å². The molecule has 0 N–H and O–H groups in total. The number of halogens is 1. The lowest BCUT2D eigenvalue weighted by atomic mass is 10.0. The van der Waals surface area contributed by atoms with Gasteiger partial charge in [0.05, 0.1) is 52.4 Å². The summed E-state index contributed by atoms with van der Waals surface area (Å²) in [6.45, 7) is 12.0. The van der Waals surface area contributed by atoms with Crippen molar-refractivity contribution in [2.75, 3.05) is 52.4 Å². The lowest BCUT2D eigenvalue weighted by Gasteiger charge is -2.44. The highest BCUT2D eigenvalue weighted by Gasteiger charge is 2.31. The topological polar surface area (TPSA) is 46.1 Å². The summed E-state index contributed by atoms with van der Waals surface area (Å²) in [5.41, 5.74) is 0. The molecule has 0 amide bonds. The zero-order chi connectivity index (χ0) is 18.7. The largest absolute Gasteiger partial charge is 0.867 e. The summed E-state index contributed by atoms with van der Waals surface area (Å²) in [6, 6.07) is 0. The second kappa shape index (κ2) is 11.6. The number of piperidine rings is 4. The van der Waals surface area contributed by atoms with Gasteiger partial charge in [-0.1, -0.05) is 0 Å². The molecule has 0 saturated carbocycles. The van der Waals surface area contributed by atoms with Gasteiger partial charge in [0.15, 0.2) is 0 Å². The third-order valence-corrected chi connectivity index (χ3v) is 7.06. The van der Waals surface area contributed by atoms with Gasteiger partial charge in [0.25, 0.3) is 0 Å². The van der Waals surface area contributed by atoms with Crippen molar-refractivity contribution in [1.82, 2.24) is 0 Å². The van der Waals surface area contributed by atoms with E-state index < -0.39 is 7.40 Å². The van der Waals surface area contributed by atoms with E-state index in [-0.39, 0.29) is 0 Å². The molecule has 152 valence electrons. The highest BCUT2D eigenvalue weighted by Crippen LogP contribution is 2.25. The molecule has 4 aliphatic heterocycles. The summed E-state index contributed by atoms with van der Waals surface area (Å²) >= 11 is 0. The Kier molecular flexibility index (Phi) is 9.90. The molecule has 0 aromatic rings. The number of rotatable bonds is 0. The smallest absolute Gasteiger partial charge is 0.121 e. The first-order chi connectivity index (χ1) is 12.6. The van der Waals surface area contributed by atoms with Crippen molar-refractivity contribution in [2.24, 2.45) is 0 Å². The minimum Gasteiger partial charge on any atom is -0.867 e. The first-order valence-electron chi connectivity index (χ1n) is 11.2. The summed E-state index contributed by atoms with van der Waals surface area (Å²) in [5, 5.41) is 16.6. The van der Waals surface area contributed by atoms with Crippen molar-refractivity contribution in [2.45, 2.75) is 77.0 Å². The Balaban J connectivity index is 0.000000156. The monoisotopic (exact) mass is 370 g/mol. The van der Waals surface area contributed by atoms with Gasteiger partial charge in [0, 0.05) is 0 Å². The van der Waals surface area contributed by atoms with Crippen molar-refractivity contribution in [3.05, 3.63) is 0 Å². The molecule has 4 aliphatic rings. The normalized spacial score (nSPS) is 26.9. The van der Waals surface area contributed by atoms with Crippen LogP contribution in [0.4, 0.5) is 4.32 Å². The number of hydrogen-bond acceptors (Lipinski definition) is 2. The van der Waals surface area contributed by atoms with Crippen molar-refractivity contribution in [3.8, 4) is 0 Å². The third kappa shape index (κ3) is 7.83. The summed E-state index contributed by atoms with van der Waals surface area (Å²) in [6.07, 6.45) is 18.0. The zero-order valence-corrected chi connectivity index (χ0v) is 16.8. The number of quaternary nitrogens is 2. The fourth-order valence-corrected chi connectivity index (χ4v) is 5.63. The highest BCUT2D eigenvalue weighted by molar-refractivity contribution is 6.27. The van der Waals surface area contributed by atoms with Crippen LogP contribution < -0.4 is 10.0 Å². The van der Waals surface area contributed by atoms with Gasteiger partial charge < -0.3 is 23.3 Å². The average molecular weight is 370 g/mol. The van der Waals surface area contributed by atoms with E-state index in [1.165, 1.54) is 138 Å². The number of nitrogens with zero attached hydrogens (tertiary/aromatic N) is 2. The van der Waals surface area contributed by atoms with Crippen molar-refractivity contribution in [1.29, 1.82) is 0 Å². The third-order valence-electron chi connectivity index (χ3n) is 7.06. The molecule has 26 heavy (non-hydrogen) atoms. The van der Waals surface area contributed by atoms with E-state index in [1.807, 2.05) is 0 Å². The summed E-state index contributed by atoms with van der Waals surface area (Å²) in [4.78, 5) is 0. The number of hydrogen-bond donors (Lipinski definition) is 0. The minimum absolute atomic E-state index is 1.50. The highest BCUT2D eigenvalue weighted by atomic mass is 19.1. The first kappa shape index (κ1) is 22.1. The maximum atomic E-state index is 9.89. The Labute approximate surface area is 160 Å². The first-order valence-corrected chi connectivity index (χ1v) is 11.2. The standard InChI is InChI=1S/2C10H20N.BFO2/c2*1-3-7-11(8-4-1)9-5-2-6-10-11;2-1(3)4/h2*1-10H2;/q2*+1;-2. The van der Waals surface area contributed by atoms with E-state index in [1.54, 1.807) is 0 Å². The van der Waals surface area contributed by atoms with Gasteiger partial charge in [0.1, 0.15) is 7.40 Å². The molecule has 4 nitrogen and oxygen atoms in total. The van der Waals surface area contributed by atoms with E-state index in [2.05, 4.69) is 0 Å². The van der Waals surface area contributed by atoms with Crippen LogP contribution in [0.5, 0.6) is 0 Å². The molecular formula is C20H40BFN2O2. The van der Waals surface area contributed by atoms with Crippen molar-refractivity contribution >= 4 is 7.40 Å². The Morgan fingerprint density at radius 2 is 0.577 bits per heavy atom.